The molecule has 0 aliphatic heterocycles. The molecule has 0 fully saturated rings. The van der Waals surface area contributed by atoms with E-state index >= 15 is 0 Å². The first kappa shape index (κ1) is 5.81. The molecular formula is C5H5N2O2-. The van der Waals surface area contributed by atoms with Crippen molar-refractivity contribution in [3.8, 4) is 0 Å². The number of carboxylic acid groups (broad SMARTS) is 1. The number of aromatic amines is 1. The van der Waals surface area contributed by atoms with Gasteiger partial charge >= 0.3 is 0 Å². The first-order chi connectivity index (χ1) is 4.22. The molecule has 0 saturated carbocycles. The number of H-pyrrole nitrogens is 1. The molecule has 4 heteroatoms. The highest BCUT2D eigenvalue weighted by molar-refractivity contribution is 5.84. The van der Waals surface area contributed by atoms with E-state index in [0.29, 0.717) is 5.56 Å². The third-order valence-electron chi connectivity index (χ3n) is 1.03. The third-order valence-corrected chi connectivity index (χ3v) is 1.03. The van der Waals surface area contributed by atoms with E-state index in [2.05, 4.69) is 10.2 Å². The maximum atomic E-state index is 10.1. The number of aromatic carboxylic acids is 1. The van der Waals surface area contributed by atoms with Gasteiger partial charge in [0.2, 0.25) is 0 Å². The predicted molar refractivity (Wildman–Crippen MR) is 27.7 cm³/mol. The van der Waals surface area contributed by atoms with E-state index in [0.717, 1.165) is 0 Å². The maximum absolute atomic E-state index is 10.1. The van der Waals surface area contributed by atoms with E-state index in [1.54, 1.807) is 6.92 Å². The topological polar surface area (TPSA) is 68.8 Å². The Bertz CT molecular complexity index is 229. The minimum absolute atomic E-state index is 0.0509. The van der Waals surface area contributed by atoms with Crippen LogP contribution in [0.1, 0.15) is 16.1 Å². The monoisotopic (exact) mass is 125 g/mol. The van der Waals surface area contributed by atoms with Crippen LogP contribution in [0.4, 0.5) is 0 Å². The number of nitrogens with zero attached hydrogens (tertiary/aromatic N) is 1. The normalized spacial score (nSPS) is 9.44. The van der Waals surface area contributed by atoms with Crippen molar-refractivity contribution in [3.05, 3.63) is 17.5 Å². The summed E-state index contributed by atoms with van der Waals surface area (Å²) in [5, 5.41) is 15.9. The Morgan fingerprint density at radius 1 is 1.89 bits per heavy atom. The van der Waals surface area contributed by atoms with Crippen molar-refractivity contribution in [1.29, 1.82) is 0 Å². The molecular weight excluding hydrogens is 120 g/mol. The van der Waals surface area contributed by atoms with Gasteiger partial charge in [0, 0.05) is 0 Å². The Morgan fingerprint density at radius 3 is 2.78 bits per heavy atom. The van der Waals surface area contributed by atoms with Crippen LogP contribution in [0.3, 0.4) is 0 Å². The Balaban J connectivity index is 3.08. The van der Waals surface area contributed by atoms with E-state index in [-0.39, 0.29) is 5.69 Å². The average molecular weight is 125 g/mol. The Hall–Kier alpha value is -1.32. The number of hydrogen-bond acceptors (Lipinski definition) is 3. The van der Waals surface area contributed by atoms with Crippen molar-refractivity contribution in [2.75, 3.05) is 0 Å². The number of nitrogens with one attached hydrogen (secondary N) is 1. The fourth-order valence-corrected chi connectivity index (χ4v) is 0.553. The van der Waals surface area contributed by atoms with Crippen LogP contribution in [-0.2, 0) is 0 Å². The molecule has 0 aliphatic carbocycles. The van der Waals surface area contributed by atoms with Crippen LogP contribution < -0.4 is 5.11 Å². The first-order valence-corrected chi connectivity index (χ1v) is 2.43. The number of aromatic nitrogens is 2. The molecule has 1 aromatic heterocycles. The first-order valence-electron chi connectivity index (χ1n) is 2.43. The van der Waals surface area contributed by atoms with Crippen molar-refractivity contribution < 1.29 is 9.90 Å². The predicted octanol–water partition coefficient (Wildman–Crippen LogP) is -0.918. The van der Waals surface area contributed by atoms with Gasteiger partial charge in [0.05, 0.1) is 17.9 Å². The van der Waals surface area contributed by atoms with E-state index < -0.39 is 5.97 Å². The zero-order valence-corrected chi connectivity index (χ0v) is 4.84. The lowest BCUT2D eigenvalue weighted by Crippen LogP contribution is -2.23. The minimum atomic E-state index is -1.22. The minimum Gasteiger partial charge on any atom is -0.543 e. The molecule has 0 spiro atoms. The standard InChI is InChI=1S/C5H6N2O2/c1-3-2-6-7-4(3)5(8)9/h2H,1H3,(H,6,7)(H,8,9)/p-1. The third kappa shape index (κ3) is 0.910. The highest BCUT2D eigenvalue weighted by Gasteiger charge is 1.97. The van der Waals surface area contributed by atoms with Crippen LogP contribution in [0.15, 0.2) is 6.20 Å². The molecule has 0 aromatic carbocycles. The average Bonchev–Trinajstić information content (AvgIpc) is 2.13. The number of rotatable bonds is 1. The van der Waals surface area contributed by atoms with Crippen LogP contribution >= 0.6 is 0 Å². The second kappa shape index (κ2) is 1.89. The van der Waals surface area contributed by atoms with Crippen LogP contribution in [0.5, 0.6) is 0 Å². The quantitative estimate of drug-likeness (QED) is 0.527. The molecule has 0 saturated heterocycles. The second-order valence-corrected chi connectivity index (χ2v) is 1.72. The number of carbonyl (C=O) groups is 1. The molecule has 1 aromatic rings. The van der Waals surface area contributed by atoms with E-state index in [9.17, 15) is 9.90 Å². The molecule has 9 heavy (non-hydrogen) atoms. The number of hydrogen-bond donors (Lipinski definition) is 1. The Morgan fingerprint density at radius 2 is 2.56 bits per heavy atom. The van der Waals surface area contributed by atoms with Gasteiger partial charge in [-0.15, -0.1) is 0 Å². The van der Waals surface area contributed by atoms with Gasteiger partial charge in [0.1, 0.15) is 0 Å². The number of carboxylic acids is 1. The summed E-state index contributed by atoms with van der Waals surface area (Å²) >= 11 is 0. The van der Waals surface area contributed by atoms with Gasteiger partial charge < -0.3 is 9.90 Å². The molecule has 1 heterocycles. The van der Waals surface area contributed by atoms with E-state index in [1.807, 2.05) is 0 Å². The second-order valence-electron chi connectivity index (χ2n) is 1.72. The number of aryl methyl sites for hydroxylation is 1. The van der Waals surface area contributed by atoms with Gasteiger partial charge in [-0.05, 0) is 12.5 Å². The lowest BCUT2D eigenvalue weighted by atomic mass is 10.3. The van der Waals surface area contributed by atoms with Crippen LogP contribution in [-0.4, -0.2) is 16.2 Å². The highest BCUT2D eigenvalue weighted by atomic mass is 16.4. The summed E-state index contributed by atoms with van der Waals surface area (Å²) in [6, 6.07) is 0. The highest BCUT2D eigenvalue weighted by Crippen LogP contribution is 1.98. The fraction of sp³-hybridized carbons (Fsp3) is 0.200. The van der Waals surface area contributed by atoms with Crippen LogP contribution in [0.25, 0.3) is 0 Å². The van der Waals surface area contributed by atoms with Crippen molar-refractivity contribution in [3.63, 3.8) is 0 Å². The smallest absolute Gasteiger partial charge is 0.0896 e. The maximum Gasteiger partial charge on any atom is 0.0896 e. The van der Waals surface area contributed by atoms with Gasteiger partial charge in [-0.2, -0.15) is 5.10 Å². The van der Waals surface area contributed by atoms with E-state index in [1.165, 1.54) is 6.20 Å². The van der Waals surface area contributed by atoms with Gasteiger partial charge in [-0.25, -0.2) is 0 Å². The van der Waals surface area contributed by atoms with Crippen molar-refractivity contribution >= 4 is 5.97 Å². The van der Waals surface area contributed by atoms with Gasteiger partial charge in [-0.1, -0.05) is 0 Å². The largest absolute Gasteiger partial charge is 0.543 e. The molecule has 0 unspecified atom stereocenters. The summed E-state index contributed by atoms with van der Waals surface area (Å²) in [5.41, 5.74) is 0.644. The summed E-state index contributed by atoms with van der Waals surface area (Å²) in [6.07, 6.45) is 1.44. The zero-order chi connectivity index (χ0) is 6.85. The molecule has 0 atom stereocenters. The molecule has 0 amide bonds. The number of carbonyl (C=O) groups excluding carboxylic acids is 1. The van der Waals surface area contributed by atoms with Crippen LogP contribution in [0, 0.1) is 6.92 Å². The summed E-state index contributed by atoms with van der Waals surface area (Å²) < 4.78 is 0. The van der Waals surface area contributed by atoms with Crippen molar-refractivity contribution in [1.82, 2.24) is 10.2 Å². The molecule has 0 radical (unpaired) electrons. The Kier molecular flexibility index (Phi) is 1.22. The zero-order valence-electron chi connectivity index (χ0n) is 4.84. The summed E-state index contributed by atoms with van der Waals surface area (Å²) in [4.78, 5) is 10.1. The lowest BCUT2D eigenvalue weighted by Gasteiger charge is -1.96. The summed E-state index contributed by atoms with van der Waals surface area (Å²) in [6.45, 7) is 1.65. The molecule has 0 bridgehead atoms. The summed E-state index contributed by atoms with van der Waals surface area (Å²) in [5.74, 6) is -1.22. The lowest BCUT2D eigenvalue weighted by molar-refractivity contribution is -0.255. The molecule has 4 nitrogen and oxygen atoms in total. The van der Waals surface area contributed by atoms with Gasteiger partial charge in [0.25, 0.3) is 0 Å². The Labute approximate surface area is 51.5 Å². The molecule has 48 valence electrons. The van der Waals surface area contributed by atoms with E-state index in [4.69, 9.17) is 0 Å². The van der Waals surface area contributed by atoms with Crippen molar-refractivity contribution in [2.24, 2.45) is 0 Å². The SMILES string of the molecule is Cc1cn[nH]c1C(=O)[O-]. The summed E-state index contributed by atoms with van der Waals surface area (Å²) in [7, 11) is 0. The fourth-order valence-electron chi connectivity index (χ4n) is 0.553. The van der Waals surface area contributed by atoms with Crippen LogP contribution in [0.2, 0.25) is 0 Å². The molecule has 1 N–H and O–H groups in total. The van der Waals surface area contributed by atoms with Crippen molar-refractivity contribution in [2.45, 2.75) is 6.92 Å². The molecule has 1 rings (SSSR count). The van der Waals surface area contributed by atoms with Gasteiger partial charge in [0.15, 0.2) is 0 Å². The molecule has 0 aliphatic rings. The van der Waals surface area contributed by atoms with Gasteiger partial charge in [-0.3, -0.25) is 5.10 Å².